The Balaban J connectivity index is 3.02. The number of nitrogens with one attached hydrogen (secondary N) is 1. The van der Waals surface area contributed by atoms with Crippen LogP contribution in [0.3, 0.4) is 0 Å². The van der Waals surface area contributed by atoms with E-state index in [0.717, 1.165) is 18.4 Å². The van der Waals surface area contributed by atoms with Crippen LogP contribution in [-0.4, -0.2) is 35.4 Å². The largest absolute Gasteiger partial charge is 0.399 e. The fourth-order valence-corrected chi connectivity index (χ4v) is 3.27. The third-order valence-corrected chi connectivity index (χ3v) is 4.75. The minimum atomic E-state index is -4.21. The minimum absolute atomic E-state index is 0.0186. The summed E-state index contributed by atoms with van der Waals surface area (Å²) in [4.78, 5) is -0.717. The van der Waals surface area contributed by atoms with Gasteiger partial charge in [-0.05, 0) is 12.1 Å². The van der Waals surface area contributed by atoms with Crippen molar-refractivity contribution in [3.05, 3.63) is 23.0 Å². The van der Waals surface area contributed by atoms with Crippen molar-refractivity contribution in [2.24, 2.45) is 0 Å². The normalized spacial score (nSPS) is 12.6. The zero-order chi connectivity index (χ0) is 14.8. The number of rotatable bonds is 5. The molecule has 0 bridgehead atoms. The van der Waals surface area contributed by atoms with Gasteiger partial charge >= 0.3 is 0 Å². The number of anilines is 1. The Bertz CT molecular complexity index is 688. The maximum absolute atomic E-state index is 13.6. The van der Waals surface area contributed by atoms with Gasteiger partial charge in [-0.1, -0.05) is 11.6 Å². The van der Waals surface area contributed by atoms with Crippen molar-refractivity contribution in [2.75, 3.05) is 24.3 Å². The van der Waals surface area contributed by atoms with Gasteiger partial charge in [0, 0.05) is 18.5 Å². The molecule has 1 aromatic rings. The molecule has 0 aliphatic heterocycles. The highest BCUT2D eigenvalue weighted by atomic mass is 35.5. The van der Waals surface area contributed by atoms with E-state index in [4.69, 9.17) is 17.3 Å². The Kier molecular flexibility index (Phi) is 4.77. The second-order valence-corrected chi connectivity index (χ2v) is 8.24. The molecule has 0 fully saturated rings. The lowest BCUT2D eigenvalue weighted by Crippen LogP contribution is -2.29. The van der Waals surface area contributed by atoms with Crippen LogP contribution in [0.1, 0.15) is 0 Å². The molecule has 0 atom stereocenters. The van der Waals surface area contributed by atoms with Crippen molar-refractivity contribution in [3.8, 4) is 0 Å². The van der Waals surface area contributed by atoms with Gasteiger partial charge in [0.15, 0.2) is 5.82 Å². The third kappa shape index (κ3) is 4.60. The average Bonchev–Trinajstić information content (AvgIpc) is 2.20. The zero-order valence-corrected chi connectivity index (χ0v) is 12.2. The number of hydrogen-bond acceptors (Lipinski definition) is 5. The van der Waals surface area contributed by atoms with Crippen LogP contribution in [0.5, 0.6) is 0 Å². The van der Waals surface area contributed by atoms with Crippen LogP contribution in [0.4, 0.5) is 10.1 Å². The number of benzene rings is 1. The number of halogens is 2. The molecule has 0 aromatic heterocycles. The van der Waals surface area contributed by atoms with Crippen LogP contribution in [0.15, 0.2) is 17.0 Å². The van der Waals surface area contributed by atoms with Crippen LogP contribution in [0.2, 0.25) is 5.02 Å². The van der Waals surface area contributed by atoms with Gasteiger partial charge in [-0.15, -0.1) is 0 Å². The minimum Gasteiger partial charge on any atom is -0.399 e. The molecule has 0 amide bonds. The molecular weight excluding hydrogens is 319 g/mol. The third-order valence-electron chi connectivity index (χ3n) is 2.07. The lowest BCUT2D eigenvalue weighted by molar-refractivity contribution is 0.558. The van der Waals surface area contributed by atoms with E-state index in [-0.39, 0.29) is 12.2 Å². The fourth-order valence-electron chi connectivity index (χ4n) is 1.22. The summed E-state index contributed by atoms with van der Waals surface area (Å²) in [5.41, 5.74) is 5.37. The van der Waals surface area contributed by atoms with Gasteiger partial charge in [-0.25, -0.2) is 25.9 Å². The Labute approximate surface area is 115 Å². The van der Waals surface area contributed by atoms with Gasteiger partial charge in [0.25, 0.3) is 0 Å². The van der Waals surface area contributed by atoms with Gasteiger partial charge in [0.1, 0.15) is 14.7 Å². The predicted molar refractivity (Wildman–Crippen MR) is 70.7 cm³/mol. The first-order valence-corrected chi connectivity index (χ1v) is 8.87. The van der Waals surface area contributed by atoms with Crippen molar-refractivity contribution in [3.63, 3.8) is 0 Å². The Morgan fingerprint density at radius 3 is 2.42 bits per heavy atom. The first-order valence-electron chi connectivity index (χ1n) is 4.95. The summed E-state index contributed by atoms with van der Waals surface area (Å²) < 4.78 is 60.9. The zero-order valence-electron chi connectivity index (χ0n) is 9.85. The summed E-state index contributed by atoms with van der Waals surface area (Å²) >= 11 is 5.49. The molecule has 0 radical (unpaired) electrons. The van der Waals surface area contributed by atoms with Crippen LogP contribution in [0.25, 0.3) is 0 Å². The first-order chi connectivity index (χ1) is 8.53. The number of nitrogen functional groups attached to an aromatic ring is 1. The van der Waals surface area contributed by atoms with Crippen LogP contribution in [-0.2, 0) is 19.9 Å². The van der Waals surface area contributed by atoms with Gasteiger partial charge in [-0.3, -0.25) is 0 Å². The fraction of sp³-hybridized carbons (Fsp3) is 0.333. The standard InChI is InChI=1S/C9H12ClFN2O4S2/c1-18(14,15)3-2-13-19(16,17)8-5-6(12)4-7(10)9(8)11/h4-5,13H,2-3,12H2,1H3. The maximum Gasteiger partial charge on any atom is 0.243 e. The summed E-state index contributed by atoms with van der Waals surface area (Å²) in [5.74, 6) is -1.54. The lowest BCUT2D eigenvalue weighted by Gasteiger charge is -2.09. The first kappa shape index (κ1) is 16.2. The molecule has 0 aliphatic rings. The number of hydrogen-bond donors (Lipinski definition) is 2. The summed E-state index contributed by atoms with van der Waals surface area (Å²) in [6.07, 6.45) is 0.958. The molecule has 0 spiro atoms. The molecular formula is C9H12ClFN2O4S2. The van der Waals surface area contributed by atoms with E-state index in [1.165, 1.54) is 0 Å². The van der Waals surface area contributed by atoms with E-state index in [9.17, 15) is 21.2 Å². The van der Waals surface area contributed by atoms with Crippen molar-refractivity contribution < 1.29 is 21.2 Å². The summed E-state index contributed by atoms with van der Waals surface area (Å²) in [6, 6.07) is 1.98. The van der Waals surface area contributed by atoms with E-state index in [1.54, 1.807) is 0 Å². The molecule has 6 nitrogen and oxygen atoms in total. The van der Waals surface area contributed by atoms with Gasteiger partial charge < -0.3 is 5.73 Å². The molecule has 10 heteroatoms. The highest BCUT2D eigenvalue weighted by Gasteiger charge is 2.22. The molecule has 0 aliphatic carbocycles. The van der Waals surface area contributed by atoms with E-state index < -0.39 is 41.3 Å². The molecule has 1 aromatic carbocycles. The molecule has 0 saturated carbocycles. The SMILES string of the molecule is CS(=O)(=O)CCNS(=O)(=O)c1cc(N)cc(Cl)c1F. The van der Waals surface area contributed by atoms with Crippen molar-refractivity contribution in [2.45, 2.75) is 4.90 Å². The predicted octanol–water partition coefficient (Wildman–Crippen LogP) is 0.384. The second-order valence-electron chi connectivity index (χ2n) is 3.84. The number of sulfone groups is 1. The molecule has 3 N–H and O–H groups in total. The van der Waals surface area contributed by atoms with E-state index in [2.05, 4.69) is 0 Å². The Morgan fingerprint density at radius 1 is 1.32 bits per heavy atom. The average molecular weight is 331 g/mol. The number of sulfonamides is 1. The van der Waals surface area contributed by atoms with E-state index in [1.807, 2.05) is 4.72 Å². The summed E-state index contributed by atoms with van der Waals surface area (Å²) in [5, 5.41) is -0.427. The van der Waals surface area contributed by atoms with E-state index in [0.29, 0.717) is 0 Å². The van der Waals surface area contributed by atoms with Gasteiger partial charge in [0.05, 0.1) is 10.8 Å². The van der Waals surface area contributed by atoms with Gasteiger partial charge in [-0.2, -0.15) is 0 Å². The lowest BCUT2D eigenvalue weighted by atomic mass is 10.3. The van der Waals surface area contributed by atoms with Crippen molar-refractivity contribution in [1.82, 2.24) is 4.72 Å². The van der Waals surface area contributed by atoms with Gasteiger partial charge in [0.2, 0.25) is 10.0 Å². The van der Waals surface area contributed by atoms with Crippen LogP contribution < -0.4 is 10.5 Å². The Hall–Kier alpha value is -0.900. The van der Waals surface area contributed by atoms with Crippen molar-refractivity contribution >= 4 is 37.1 Å². The van der Waals surface area contributed by atoms with Crippen LogP contribution >= 0.6 is 11.6 Å². The van der Waals surface area contributed by atoms with E-state index >= 15 is 0 Å². The second kappa shape index (κ2) is 5.61. The van der Waals surface area contributed by atoms with Crippen LogP contribution in [0, 0.1) is 5.82 Å². The quantitative estimate of drug-likeness (QED) is 0.759. The molecule has 0 saturated heterocycles. The molecule has 108 valence electrons. The molecule has 0 heterocycles. The monoisotopic (exact) mass is 330 g/mol. The Morgan fingerprint density at radius 2 is 1.89 bits per heavy atom. The van der Waals surface area contributed by atoms with Crippen molar-refractivity contribution in [1.29, 1.82) is 0 Å². The molecule has 19 heavy (non-hydrogen) atoms. The smallest absolute Gasteiger partial charge is 0.243 e. The highest BCUT2D eigenvalue weighted by molar-refractivity contribution is 7.91. The summed E-state index contributed by atoms with van der Waals surface area (Å²) in [7, 11) is -7.54. The highest BCUT2D eigenvalue weighted by Crippen LogP contribution is 2.25. The number of nitrogens with two attached hydrogens (primary N) is 1. The summed E-state index contributed by atoms with van der Waals surface area (Å²) in [6.45, 7) is -0.368. The maximum atomic E-state index is 13.6. The molecule has 1 rings (SSSR count). The topological polar surface area (TPSA) is 106 Å². The molecule has 0 unspecified atom stereocenters.